The van der Waals surface area contributed by atoms with E-state index in [0.717, 1.165) is 11.3 Å². The summed E-state index contributed by atoms with van der Waals surface area (Å²) in [5, 5.41) is 4.38. The minimum atomic E-state index is -0.777. The monoisotopic (exact) mass is 317 g/mol. The number of furan rings is 1. The van der Waals surface area contributed by atoms with Crippen molar-refractivity contribution in [2.75, 3.05) is 6.61 Å². The summed E-state index contributed by atoms with van der Waals surface area (Å²) >= 11 is 0. The van der Waals surface area contributed by atoms with E-state index in [1.165, 1.54) is 4.68 Å². The van der Waals surface area contributed by atoms with Gasteiger partial charge in [-0.15, -0.1) is 0 Å². The molecule has 0 aromatic carbocycles. The topological polar surface area (TPSA) is 78.7 Å². The van der Waals surface area contributed by atoms with E-state index in [9.17, 15) is 9.59 Å². The normalized spacial score (nSPS) is 12.9. The molecule has 0 amide bonds. The third-order valence-corrected chi connectivity index (χ3v) is 3.83. The summed E-state index contributed by atoms with van der Waals surface area (Å²) in [5.41, 5.74) is 1.56. The van der Waals surface area contributed by atoms with Crippen LogP contribution in [0.15, 0.2) is 21.3 Å². The number of esters is 1. The summed E-state index contributed by atoms with van der Waals surface area (Å²) in [6.07, 6.45) is 0.611. The number of rotatable bonds is 4. The molecule has 0 radical (unpaired) electrons. The van der Waals surface area contributed by atoms with Crippen LogP contribution in [0.25, 0.3) is 16.6 Å². The number of hydrogen-bond acceptors (Lipinski definition) is 5. The Balaban J connectivity index is 2.28. The zero-order valence-corrected chi connectivity index (χ0v) is 13.6. The van der Waals surface area contributed by atoms with Crippen molar-refractivity contribution in [1.29, 1.82) is 0 Å². The van der Waals surface area contributed by atoms with Gasteiger partial charge in [0.15, 0.2) is 11.6 Å². The Bertz CT molecular complexity index is 948. The van der Waals surface area contributed by atoms with Gasteiger partial charge < -0.3 is 9.15 Å². The maximum Gasteiger partial charge on any atom is 0.330 e. The predicted molar refractivity (Wildman–Crippen MR) is 84.7 cm³/mol. The van der Waals surface area contributed by atoms with Gasteiger partial charge in [-0.2, -0.15) is 5.10 Å². The highest BCUT2D eigenvalue weighted by Crippen LogP contribution is 2.23. The molecule has 3 rings (SSSR count). The number of carbonyl (C=O) groups excluding carboxylic acids is 1. The summed E-state index contributed by atoms with van der Waals surface area (Å²) in [6, 6.07) is 2.79. The lowest BCUT2D eigenvalue weighted by Gasteiger charge is -2.14. The van der Waals surface area contributed by atoms with Crippen LogP contribution in [0, 0.1) is 6.92 Å². The van der Waals surface area contributed by atoms with Crippen LogP contribution in [0.3, 0.4) is 0 Å². The summed E-state index contributed by atoms with van der Waals surface area (Å²) in [6.45, 7) is 7.41. The number of aromatic nitrogens is 3. The lowest BCUT2D eigenvalue weighted by molar-refractivity contribution is -0.147. The maximum absolute atomic E-state index is 12.7. The molecular formula is C16H19N3O4. The first-order valence-electron chi connectivity index (χ1n) is 7.67. The minimum absolute atomic E-state index is 0.262. The van der Waals surface area contributed by atoms with E-state index in [4.69, 9.17) is 9.15 Å². The van der Waals surface area contributed by atoms with Gasteiger partial charge in [0.1, 0.15) is 17.1 Å². The van der Waals surface area contributed by atoms with Crippen molar-refractivity contribution in [1.82, 2.24) is 14.2 Å². The molecule has 3 aromatic rings. The Morgan fingerprint density at radius 3 is 2.74 bits per heavy atom. The van der Waals surface area contributed by atoms with Crippen molar-refractivity contribution in [2.24, 2.45) is 0 Å². The van der Waals surface area contributed by atoms with Crippen LogP contribution >= 0.6 is 0 Å². The Hall–Kier alpha value is -2.57. The molecule has 0 spiro atoms. The summed E-state index contributed by atoms with van der Waals surface area (Å²) in [7, 11) is 0. The summed E-state index contributed by atoms with van der Waals surface area (Å²) in [5.74, 6) is 0.988. The van der Waals surface area contributed by atoms with Crippen LogP contribution < -0.4 is 5.56 Å². The van der Waals surface area contributed by atoms with Gasteiger partial charge in [0.05, 0.1) is 12.1 Å². The van der Waals surface area contributed by atoms with Gasteiger partial charge in [-0.05, 0) is 20.8 Å². The molecule has 0 fully saturated rings. The first-order chi connectivity index (χ1) is 11.0. The second-order valence-electron chi connectivity index (χ2n) is 5.42. The van der Waals surface area contributed by atoms with Gasteiger partial charge in [-0.3, -0.25) is 9.20 Å². The number of fused-ring (bicyclic) bond motifs is 3. The fourth-order valence-corrected chi connectivity index (χ4v) is 2.74. The third kappa shape index (κ3) is 2.32. The van der Waals surface area contributed by atoms with Crippen molar-refractivity contribution >= 4 is 22.6 Å². The van der Waals surface area contributed by atoms with Gasteiger partial charge in [0.2, 0.25) is 0 Å². The van der Waals surface area contributed by atoms with E-state index < -0.39 is 12.0 Å². The highest BCUT2D eigenvalue weighted by Gasteiger charge is 2.23. The molecule has 0 aliphatic rings. The molecule has 3 aromatic heterocycles. The molecule has 0 aliphatic carbocycles. The molecule has 3 heterocycles. The van der Waals surface area contributed by atoms with Gasteiger partial charge in [-0.1, -0.05) is 6.92 Å². The van der Waals surface area contributed by atoms with Crippen molar-refractivity contribution in [3.63, 3.8) is 0 Å². The van der Waals surface area contributed by atoms with E-state index in [2.05, 4.69) is 5.10 Å². The van der Waals surface area contributed by atoms with E-state index in [-0.39, 0.29) is 12.2 Å². The highest BCUT2D eigenvalue weighted by molar-refractivity contribution is 5.83. The van der Waals surface area contributed by atoms with Crippen LogP contribution in [0.1, 0.15) is 38.4 Å². The SMILES string of the molecule is CCOC(=O)C(C)n1nc(CC)n2c(cc3oc(C)cc32)c1=O. The van der Waals surface area contributed by atoms with Gasteiger partial charge >= 0.3 is 5.97 Å². The molecule has 0 aliphatic heterocycles. The standard InChI is InChI=1S/C16H19N3O4/c1-5-14-17-19(10(4)16(21)22-6-2)15(20)12-8-13-11(18(12)14)7-9(3)23-13/h7-8,10H,5-6H2,1-4H3. The van der Waals surface area contributed by atoms with Crippen LogP contribution in [-0.4, -0.2) is 26.8 Å². The maximum atomic E-state index is 12.7. The molecule has 0 saturated carbocycles. The molecule has 7 nitrogen and oxygen atoms in total. The number of aryl methyl sites for hydroxylation is 2. The van der Waals surface area contributed by atoms with Gasteiger partial charge in [0, 0.05) is 18.6 Å². The van der Waals surface area contributed by atoms with Crippen LogP contribution in [0.5, 0.6) is 0 Å². The number of carbonyl (C=O) groups is 1. The average molecular weight is 317 g/mol. The minimum Gasteiger partial charge on any atom is -0.464 e. The van der Waals surface area contributed by atoms with Crippen LogP contribution in [0.2, 0.25) is 0 Å². The predicted octanol–water partition coefficient (Wildman–Crippen LogP) is 2.24. The fraction of sp³-hybridized carbons (Fsp3) is 0.438. The lowest BCUT2D eigenvalue weighted by Crippen LogP contribution is -2.33. The number of ether oxygens (including phenoxy) is 1. The summed E-state index contributed by atoms with van der Waals surface area (Å²) < 4.78 is 13.6. The Morgan fingerprint density at radius 1 is 1.35 bits per heavy atom. The molecule has 122 valence electrons. The molecule has 0 bridgehead atoms. The Kier molecular flexibility index (Phi) is 3.71. The molecule has 23 heavy (non-hydrogen) atoms. The molecule has 0 N–H and O–H groups in total. The Morgan fingerprint density at radius 2 is 2.09 bits per heavy atom. The number of nitrogens with zero attached hydrogens (tertiary/aromatic N) is 3. The largest absolute Gasteiger partial charge is 0.464 e. The van der Waals surface area contributed by atoms with E-state index in [0.29, 0.717) is 23.3 Å². The lowest BCUT2D eigenvalue weighted by atomic mass is 10.3. The van der Waals surface area contributed by atoms with Crippen molar-refractivity contribution < 1.29 is 13.9 Å². The van der Waals surface area contributed by atoms with Crippen molar-refractivity contribution in [3.8, 4) is 0 Å². The Labute approximate surface area is 132 Å². The van der Waals surface area contributed by atoms with Gasteiger partial charge in [0.25, 0.3) is 5.56 Å². The molecule has 7 heteroatoms. The molecule has 1 unspecified atom stereocenters. The zero-order valence-electron chi connectivity index (χ0n) is 13.6. The fourth-order valence-electron chi connectivity index (χ4n) is 2.74. The first-order valence-corrected chi connectivity index (χ1v) is 7.67. The van der Waals surface area contributed by atoms with Crippen LogP contribution in [0.4, 0.5) is 0 Å². The van der Waals surface area contributed by atoms with E-state index in [1.807, 2.05) is 19.9 Å². The van der Waals surface area contributed by atoms with E-state index in [1.54, 1.807) is 24.3 Å². The highest BCUT2D eigenvalue weighted by atomic mass is 16.5. The quantitative estimate of drug-likeness (QED) is 0.690. The summed E-state index contributed by atoms with van der Waals surface area (Å²) in [4.78, 5) is 24.7. The van der Waals surface area contributed by atoms with E-state index >= 15 is 0 Å². The van der Waals surface area contributed by atoms with Crippen LogP contribution in [-0.2, 0) is 16.0 Å². The zero-order chi connectivity index (χ0) is 16.7. The van der Waals surface area contributed by atoms with Gasteiger partial charge in [-0.25, -0.2) is 9.48 Å². The molecule has 0 saturated heterocycles. The second kappa shape index (κ2) is 5.57. The second-order valence-corrected chi connectivity index (χ2v) is 5.42. The molecule has 1 atom stereocenters. The smallest absolute Gasteiger partial charge is 0.330 e. The van der Waals surface area contributed by atoms with Crippen molar-refractivity contribution in [2.45, 2.75) is 40.2 Å². The number of hydrogen-bond donors (Lipinski definition) is 0. The first kappa shape index (κ1) is 15.3. The van der Waals surface area contributed by atoms with Crippen molar-refractivity contribution in [3.05, 3.63) is 34.1 Å². The molecular weight excluding hydrogens is 298 g/mol. The third-order valence-electron chi connectivity index (χ3n) is 3.83. The average Bonchev–Trinajstić information content (AvgIpc) is 3.04.